The Kier molecular flexibility index (Phi) is 5.70. The maximum atomic E-state index is 12.8. The zero-order chi connectivity index (χ0) is 22.3. The standard InChI is InChI=1S/C20H16ClF3N2O3S/c1-12-6-7-13(2)26(12)15-8-9-17(18(21)11-15)19(27)25-30(28,29)16-5-3-4-14(10-16)20(22,23)24/h3-11H,1-2H3,(H,25,27). The number of sulfonamides is 1. The topological polar surface area (TPSA) is 68.2 Å². The highest BCUT2D eigenvalue weighted by molar-refractivity contribution is 7.90. The van der Waals surface area contributed by atoms with Crippen molar-refractivity contribution in [2.45, 2.75) is 24.9 Å². The van der Waals surface area contributed by atoms with Crippen molar-refractivity contribution in [3.63, 3.8) is 0 Å². The van der Waals surface area contributed by atoms with Gasteiger partial charge >= 0.3 is 6.18 Å². The lowest BCUT2D eigenvalue weighted by atomic mass is 10.2. The molecule has 30 heavy (non-hydrogen) atoms. The largest absolute Gasteiger partial charge is 0.416 e. The Morgan fingerprint density at radius 3 is 2.20 bits per heavy atom. The van der Waals surface area contributed by atoms with Crippen molar-refractivity contribution in [3.8, 4) is 5.69 Å². The van der Waals surface area contributed by atoms with Crippen LogP contribution in [-0.2, 0) is 16.2 Å². The van der Waals surface area contributed by atoms with Gasteiger partial charge in [0, 0.05) is 17.1 Å². The van der Waals surface area contributed by atoms with Gasteiger partial charge in [-0.3, -0.25) is 4.79 Å². The summed E-state index contributed by atoms with van der Waals surface area (Å²) in [6.45, 7) is 3.78. The number of nitrogens with one attached hydrogen (secondary N) is 1. The fraction of sp³-hybridized carbons (Fsp3) is 0.150. The molecule has 158 valence electrons. The summed E-state index contributed by atoms with van der Waals surface area (Å²) < 4.78 is 67.0. The molecule has 2 aromatic carbocycles. The molecular weight excluding hydrogens is 441 g/mol. The summed E-state index contributed by atoms with van der Waals surface area (Å²) >= 11 is 6.19. The molecule has 1 amide bonds. The van der Waals surface area contributed by atoms with Gasteiger partial charge < -0.3 is 4.57 Å². The first-order valence-corrected chi connectivity index (χ1v) is 10.5. The van der Waals surface area contributed by atoms with Crippen molar-refractivity contribution >= 4 is 27.5 Å². The maximum Gasteiger partial charge on any atom is 0.416 e. The molecule has 0 atom stereocenters. The number of aryl methyl sites for hydroxylation is 2. The van der Waals surface area contributed by atoms with Crippen LogP contribution in [0.25, 0.3) is 5.69 Å². The zero-order valence-electron chi connectivity index (χ0n) is 15.8. The third-order valence-corrected chi connectivity index (χ3v) is 6.07. The molecule has 10 heteroatoms. The summed E-state index contributed by atoms with van der Waals surface area (Å²) in [5, 5.41) is -0.00302. The molecule has 0 aliphatic heterocycles. The summed E-state index contributed by atoms with van der Waals surface area (Å²) in [6, 6.07) is 11.4. The van der Waals surface area contributed by atoms with E-state index in [2.05, 4.69) is 0 Å². The Hall–Kier alpha value is -2.78. The van der Waals surface area contributed by atoms with E-state index in [-0.39, 0.29) is 10.6 Å². The van der Waals surface area contributed by atoms with Crippen LogP contribution in [0, 0.1) is 13.8 Å². The third kappa shape index (κ3) is 4.36. The Morgan fingerprint density at radius 2 is 1.63 bits per heavy atom. The van der Waals surface area contributed by atoms with Crippen LogP contribution in [0.15, 0.2) is 59.5 Å². The van der Waals surface area contributed by atoms with Gasteiger partial charge in [0.05, 0.1) is 21.0 Å². The van der Waals surface area contributed by atoms with Crippen molar-refractivity contribution in [2.75, 3.05) is 0 Å². The number of alkyl halides is 3. The number of halogens is 4. The molecule has 1 N–H and O–H groups in total. The Labute approximate surface area is 176 Å². The minimum absolute atomic E-state index is 0.00302. The molecule has 0 unspecified atom stereocenters. The summed E-state index contributed by atoms with van der Waals surface area (Å²) in [6.07, 6.45) is -4.72. The van der Waals surface area contributed by atoms with E-state index in [1.807, 2.05) is 30.5 Å². The normalized spacial score (nSPS) is 12.1. The van der Waals surface area contributed by atoms with Crippen molar-refractivity contribution in [1.82, 2.24) is 9.29 Å². The molecule has 0 aliphatic carbocycles. The highest BCUT2D eigenvalue weighted by Gasteiger charge is 2.32. The molecule has 3 rings (SSSR count). The second-order valence-electron chi connectivity index (χ2n) is 6.58. The van der Waals surface area contributed by atoms with E-state index in [9.17, 15) is 26.4 Å². The Morgan fingerprint density at radius 1 is 1.00 bits per heavy atom. The molecule has 0 spiro atoms. The highest BCUT2D eigenvalue weighted by atomic mass is 35.5. The number of carbonyl (C=O) groups excluding carboxylic acids is 1. The van der Waals surface area contributed by atoms with Gasteiger partial charge in [-0.25, -0.2) is 13.1 Å². The number of benzene rings is 2. The zero-order valence-corrected chi connectivity index (χ0v) is 17.4. The van der Waals surface area contributed by atoms with Crippen molar-refractivity contribution < 1.29 is 26.4 Å². The number of hydrogen-bond acceptors (Lipinski definition) is 3. The van der Waals surface area contributed by atoms with Crippen LogP contribution < -0.4 is 4.72 Å². The molecule has 5 nitrogen and oxygen atoms in total. The van der Waals surface area contributed by atoms with Gasteiger partial charge in [0.15, 0.2) is 0 Å². The second-order valence-corrected chi connectivity index (χ2v) is 8.67. The van der Waals surface area contributed by atoms with Crippen molar-refractivity contribution in [1.29, 1.82) is 0 Å². The van der Waals surface area contributed by atoms with E-state index < -0.39 is 32.6 Å². The average molecular weight is 457 g/mol. The lowest BCUT2D eigenvalue weighted by Crippen LogP contribution is -2.31. The predicted molar refractivity (Wildman–Crippen MR) is 106 cm³/mol. The first-order chi connectivity index (χ1) is 13.9. The Bertz CT molecular complexity index is 1210. The minimum Gasteiger partial charge on any atom is -0.318 e. The lowest BCUT2D eigenvalue weighted by molar-refractivity contribution is -0.137. The number of rotatable bonds is 4. The second kappa shape index (κ2) is 7.81. The van der Waals surface area contributed by atoms with Crippen LogP contribution in [0.3, 0.4) is 0 Å². The SMILES string of the molecule is Cc1ccc(C)n1-c1ccc(C(=O)NS(=O)(=O)c2cccc(C(F)(F)F)c2)c(Cl)c1. The molecule has 0 saturated heterocycles. The van der Waals surface area contributed by atoms with Crippen LogP contribution in [0.5, 0.6) is 0 Å². The molecule has 0 fully saturated rings. The fourth-order valence-corrected chi connectivity index (χ4v) is 4.25. The van der Waals surface area contributed by atoms with Gasteiger partial charge in [-0.15, -0.1) is 0 Å². The van der Waals surface area contributed by atoms with Gasteiger partial charge in [-0.1, -0.05) is 17.7 Å². The van der Waals surface area contributed by atoms with E-state index >= 15 is 0 Å². The average Bonchev–Trinajstić information content (AvgIpc) is 2.99. The van der Waals surface area contributed by atoms with Crippen LogP contribution in [0.2, 0.25) is 5.02 Å². The summed E-state index contributed by atoms with van der Waals surface area (Å²) in [5.41, 5.74) is 1.29. The van der Waals surface area contributed by atoms with Gasteiger partial charge in [0.25, 0.3) is 15.9 Å². The fourth-order valence-electron chi connectivity index (χ4n) is 2.98. The van der Waals surface area contributed by atoms with Gasteiger partial charge in [0.2, 0.25) is 0 Å². The number of aromatic nitrogens is 1. The van der Waals surface area contributed by atoms with Crippen LogP contribution in [0.1, 0.15) is 27.3 Å². The smallest absolute Gasteiger partial charge is 0.318 e. The molecule has 1 aromatic heterocycles. The predicted octanol–water partition coefficient (Wildman–Crippen LogP) is 4.89. The monoisotopic (exact) mass is 456 g/mol. The molecule has 3 aromatic rings. The summed E-state index contributed by atoms with van der Waals surface area (Å²) in [4.78, 5) is 11.8. The summed E-state index contributed by atoms with van der Waals surface area (Å²) in [5.74, 6) is -1.05. The molecular formula is C20H16ClF3N2O3S. The quantitative estimate of drug-likeness (QED) is 0.608. The van der Waals surface area contributed by atoms with E-state index in [1.165, 1.54) is 12.1 Å². The molecule has 1 heterocycles. The highest BCUT2D eigenvalue weighted by Crippen LogP contribution is 2.30. The summed E-state index contributed by atoms with van der Waals surface area (Å²) in [7, 11) is -4.54. The number of hydrogen-bond donors (Lipinski definition) is 1. The van der Waals surface area contributed by atoms with Crippen LogP contribution >= 0.6 is 11.6 Å². The number of amides is 1. The van der Waals surface area contributed by atoms with Crippen molar-refractivity contribution in [3.05, 3.63) is 82.1 Å². The van der Waals surface area contributed by atoms with Gasteiger partial charge in [-0.05, 0) is 62.4 Å². The van der Waals surface area contributed by atoms with E-state index in [0.29, 0.717) is 11.8 Å². The van der Waals surface area contributed by atoms with Crippen LogP contribution in [0.4, 0.5) is 13.2 Å². The van der Waals surface area contributed by atoms with E-state index in [4.69, 9.17) is 11.6 Å². The molecule has 0 radical (unpaired) electrons. The number of nitrogens with zero attached hydrogens (tertiary/aromatic N) is 1. The van der Waals surface area contributed by atoms with Gasteiger partial charge in [-0.2, -0.15) is 13.2 Å². The molecule has 0 bridgehead atoms. The van der Waals surface area contributed by atoms with E-state index in [0.717, 1.165) is 29.6 Å². The minimum atomic E-state index is -4.72. The van der Waals surface area contributed by atoms with Crippen molar-refractivity contribution in [2.24, 2.45) is 0 Å². The first kappa shape index (κ1) is 21.9. The number of carbonyl (C=O) groups is 1. The van der Waals surface area contributed by atoms with Gasteiger partial charge in [0.1, 0.15) is 0 Å². The molecule has 0 aliphatic rings. The Balaban J connectivity index is 1.89. The lowest BCUT2D eigenvalue weighted by Gasteiger charge is -2.13. The van der Waals surface area contributed by atoms with E-state index in [1.54, 1.807) is 10.8 Å². The maximum absolute atomic E-state index is 12.8. The molecule has 0 saturated carbocycles. The third-order valence-electron chi connectivity index (χ3n) is 4.43. The first-order valence-electron chi connectivity index (χ1n) is 8.59. The van der Waals surface area contributed by atoms with Crippen LogP contribution in [-0.4, -0.2) is 18.9 Å².